The Bertz CT molecular complexity index is 744. The van der Waals surface area contributed by atoms with E-state index in [2.05, 4.69) is 24.1 Å². The van der Waals surface area contributed by atoms with Crippen molar-refractivity contribution in [2.24, 2.45) is 0 Å². The van der Waals surface area contributed by atoms with Crippen molar-refractivity contribution in [3.63, 3.8) is 0 Å². The lowest BCUT2D eigenvalue weighted by atomic mass is 10.0. The SMILES string of the molecule is CCN(CC)c1ccc(C(=O)N[C@@H]2CCSc3c(F)cccc32)cc1. The predicted octanol–water partition coefficient (Wildman–Crippen LogP) is 4.64. The van der Waals surface area contributed by atoms with Crippen molar-refractivity contribution in [1.82, 2.24) is 5.32 Å². The zero-order chi connectivity index (χ0) is 17.8. The predicted molar refractivity (Wildman–Crippen MR) is 102 cm³/mol. The van der Waals surface area contributed by atoms with Crippen molar-refractivity contribution in [2.45, 2.75) is 31.2 Å². The summed E-state index contributed by atoms with van der Waals surface area (Å²) in [5.74, 6) is 0.489. The molecule has 0 saturated heterocycles. The molecule has 2 aromatic rings. The molecule has 0 unspecified atom stereocenters. The summed E-state index contributed by atoms with van der Waals surface area (Å²) in [6.45, 7) is 6.10. The van der Waals surface area contributed by atoms with E-state index in [0.717, 1.165) is 36.5 Å². The van der Waals surface area contributed by atoms with Crippen molar-refractivity contribution in [1.29, 1.82) is 0 Å². The summed E-state index contributed by atoms with van der Waals surface area (Å²) < 4.78 is 14.0. The molecule has 1 aliphatic heterocycles. The topological polar surface area (TPSA) is 32.3 Å². The zero-order valence-corrected chi connectivity index (χ0v) is 15.4. The van der Waals surface area contributed by atoms with Crippen LogP contribution in [0, 0.1) is 5.82 Å². The fourth-order valence-electron chi connectivity index (χ4n) is 3.19. The number of halogens is 1. The van der Waals surface area contributed by atoms with Gasteiger partial charge in [0.05, 0.1) is 6.04 Å². The number of amides is 1. The lowest BCUT2D eigenvalue weighted by molar-refractivity contribution is 0.0935. The van der Waals surface area contributed by atoms with Gasteiger partial charge in [0.15, 0.2) is 0 Å². The molecule has 0 spiro atoms. The van der Waals surface area contributed by atoms with Gasteiger partial charge in [0.2, 0.25) is 0 Å². The van der Waals surface area contributed by atoms with Crippen LogP contribution in [0.4, 0.5) is 10.1 Å². The van der Waals surface area contributed by atoms with Gasteiger partial charge >= 0.3 is 0 Å². The monoisotopic (exact) mass is 358 g/mol. The van der Waals surface area contributed by atoms with Crippen LogP contribution in [0.3, 0.4) is 0 Å². The summed E-state index contributed by atoms with van der Waals surface area (Å²) in [6.07, 6.45) is 0.810. The highest BCUT2D eigenvalue weighted by atomic mass is 32.2. The molecule has 0 radical (unpaired) electrons. The number of fused-ring (bicyclic) bond motifs is 1. The third-order valence-corrected chi connectivity index (χ3v) is 5.75. The van der Waals surface area contributed by atoms with E-state index >= 15 is 0 Å². The summed E-state index contributed by atoms with van der Waals surface area (Å²) in [7, 11) is 0. The maximum Gasteiger partial charge on any atom is 0.251 e. The van der Waals surface area contributed by atoms with Crippen molar-refractivity contribution in [3.05, 3.63) is 59.4 Å². The first-order chi connectivity index (χ1) is 12.1. The molecule has 2 aromatic carbocycles. The Morgan fingerprint density at radius 2 is 1.92 bits per heavy atom. The number of hydrogen-bond donors (Lipinski definition) is 1. The number of thioether (sulfide) groups is 1. The van der Waals surface area contributed by atoms with Crippen LogP contribution in [0.5, 0.6) is 0 Å². The van der Waals surface area contributed by atoms with Crippen LogP contribution in [-0.4, -0.2) is 24.7 Å². The second-order valence-electron chi connectivity index (χ2n) is 6.04. The van der Waals surface area contributed by atoms with Crippen molar-refractivity contribution in [2.75, 3.05) is 23.7 Å². The van der Waals surface area contributed by atoms with Crippen LogP contribution >= 0.6 is 11.8 Å². The minimum atomic E-state index is -0.204. The Kier molecular flexibility index (Phi) is 5.63. The number of nitrogens with zero attached hydrogens (tertiary/aromatic N) is 1. The van der Waals surface area contributed by atoms with Gasteiger partial charge in [0, 0.05) is 35.0 Å². The Hall–Kier alpha value is -2.01. The summed E-state index contributed by atoms with van der Waals surface area (Å²) in [5, 5.41) is 3.06. The van der Waals surface area contributed by atoms with Crippen LogP contribution in [0.2, 0.25) is 0 Å². The summed E-state index contributed by atoms with van der Waals surface area (Å²) in [6, 6.07) is 12.6. The molecule has 1 amide bonds. The van der Waals surface area contributed by atoms with Gasteiger partial charge in [-0.05, 0) is 56.2 Å². The molecule has 0 bridgehead atoms. The first-order valence-corrected chi connectivity index (χ1v) is 9.69. The van der Waals surface area contributed by atoms with Crippen LogP contribution in [0.25, 0.3) is 0 Å². The Labute approximate surface area is 152 Å². The number of carbonyl (C=O) groups is 1. The van der Waals surface area contributed by atoms with E-state index in [4.69, 9.17) is 0 Å². The lowest BCUT2D eigenvalue weighted by Gasteiger charge is -2.26. The van der Waals surface area contributed by atoms with Crippen LogP contribution < -0.4 is 10.2 Å². The van der Waals surface area contributed by atoms with Gasteiger partial charge in [0.1, 0.15) is 5.82 Å². The number of nitrogens with one attached hydrogen (secondary N) is 1. The minimum Gasteiger partial charge on any atom is -0.372 e. The van der Waals surface area contributed by atoms with Gasteiger partial charge in [-0.15, -0.1) is 11.8 Å². The highest BCUT2D eigenvalue weighted by Gasteiger charge is 2.24. The highest BCUT2D eigenvalue weighted by Crippen LogP contribution is 2.37. The quantitative estimate of drug-likeness (QED) is 0.845. The van der Waals surface area contributed by atoms with Gasteiger partial charge in [-0.1, -0.05) is 12.1 Å². The van der Waals surface area contributed by atoms with Gasteiger partial charge in [-0.2, -0.15) is 0 Å². The molecule has 25 heavy (non-hydrogen) atoms. The lowest BCUT2D eigenvalue weighted by Crippen LogP contribution is -2.31. The van der Waals surface area contributed by atoms with E-state index in [1.54, 1.807) is 6.07 Å². The van der Waals surface area contributed by atoms with Gasteiger partial charge in [0.25, 0.3) is 5.91 Å². The third-order valence-electron chi connectivity index (χ3n) is 4.59. The summed E-state index contributed by atoms with van der Waals surface area (Å²) in [5.41, 5.74) is 2.62. The fraction of sp³-hybridized carbons (Fsp3) is 0.350. The molecule has 1 heterocycles. The third kappa shape index (κ3) is 3.82. The molecule has 132 valence electrons. The smallest absolute Gasteiger partial charge is 0.251 e. The maximum absolute atomic E-state index is 14.0. The number of carbonyl (C=O) groups excluding carboxylic acids is 1. The Morgan fingerprint density at radius 3 is 2.60 bits per heavy atom. The fourth-order valence-corrected chi connectivity index (χ4v) is 4.33. The molecular weight excluding hydrogens is 335 g/mol. The maximum atomic E-state index is 14.0. The minimum absolute atomic E-state index is 0.113. The molecule has 0 saturated carbocycles. The van der Waals surface area contributed by atoms with Crippen molar-refractivity contribution < 1.29 is 9.18 Å². The van der Waals surface area contributed by atoms with Gasteiger partial charge in [-0.25, -0.2) is 4.39 Å². The molecule has 0 fully saturated rings. The molecule has 3 nitrogen and oxygen atoms in total. The average Bonchev–Trinajstić information content (AvgIpc) is 2.64. The van der Waals surface area contributed by atoms with Gasteiger partial charge < -0.3 is 10.2 Å². The second-order valence-corrected chi connectivity index (χ2v) is 7.15. The van der Waals surface area contributed by atoms with E-state index in [1.807, 2.05) is 30.3 Å². The molecular formula is C20H23FN2OS. The highest BCUT2D eigenvalue weighted by molar-refractivity contribution is 7.99. The molecule has 1 atom stereocenters. The molecule has 0 aliphatic carbocycles. The first-order valence-electron chi connectivity index (χ1n) is 8.71. The van der Waals surface area contributed by atoms with E-state index in [-0.39, 0.29) is 17.8 Å². The Morgan fingerprint density at radius 1 is 1.20 bits per heavy atom. The van der Waals surface area contributed by atoms with E-state index in [0.29, 0.717) is 10.5 Å². The number of hydrogen-bond acceptors (Lipinski definition) is 3. The summed E-state index contributed by atoms with van der Waals surface area (Å²) in [4.78, 5) is 15.5. The van der Waals surface area contributed by atoms with Crippen LogP contribution in [0.15, 0.2) is 47.4 Å². The summed E-state index contributed by atoms with van der Waals surface area (Å²) >= 11 is 1.52. The Balaban J connectivity index is 1.74. The molecule has 3 rings (SSSR count). The standard InChI is InChI=1S/C20H23FN2OS/c1-3-23(4-2)15-10-8-14(9-11-15)20(24)22-18-12-13-25-19-16(18)6-5-7-17(19)21/h5-11,18H,3-4,12-13H2,1-2H3,(H,22,24)/t18-/m1/s1. The largest absolute Gasteiger partial charge is 0.372 e. The first kappa shape index (κ1) is 17.8. The van der Waals surface area contributed by atoms with Gasteiger partial charge in [-0.3, -0.25) is 4.79 Å². The van der Waals surface area contributed by atoms with E-state index in [1.165, 1.54) is 17.8 Å². The molecule has 0 aromatic heterocycles. The average molecular weight is 358 g/mol. The number of anilines is 1. The molecule has 1 aliphatic rings. The van der Waals surface area contributed by atoms with Crippen molar-refractivity contribution >= 4 is 23.4 Å². The van der Waals surface area contributed by atoms with Crippen molar-refractivity contribution in [3.8, 4) is 0 Å². The number of benzene rings is 2. The molecule has 1 N–H and O–H groups in total. The van der Waals surface area contributed by atoms with E-state index in [9.17, 15) is 9.18 Å². The second kappa shape index (κ2) is 7.91. The zero-order valence-electron chi connectivity index (χ0n) is 14.6. The van der Waals surface area contributed by atoms with E-state index < -0.39 is 0 Å². The van der Waals surface area contributed by atoms with Crippen LogP contribution in [0.1, 0.15) is 42.2 Å². The number of rotatable bonds is 5. The normalized spacial score (nSPS) is 16.2. The molecule has 5 heteroatoms. The van der Waals surface area contributed by atoms with Crippen LogP contribution in [-0.2, 0) is 0 Å².